The van der Waals surface area contributed by atoms with Crippen molar-refractivity contribution in [1.82, 2.24) is 9.55 Å². The van der Waals surface area contributed by atoms with Gasteiger partial charge in [0, 0.05) is 16.9 Å². The number of halogens is 1. The van der Waals surface area contributed by atoms with Gasteiger partial charge < -0.3 is 10.3 Å². The molecular formula is C16H21BrN4O. The quantitative estimate of drug-likeness (QED) is 0.827. The van der Waals surface area contributed by atoms with Gasteiger partial charge in [0.1, 0.15) is 0 Å². The predicted octanol–water partition coefficient (Wildman–Crippen LogP) is 3.01. The minimum atomic E-state index is -0.516. The Bertz CT molecular complexity index is 621. The van der Waals surface area contributed by atoms with E-state index in [1.54, 1.807) is 6.20 Å². The molecule has 0 bridgehead atoms. The second kappa shape index (κ2) is 7.56. The number of benzene rings is 1. The molecule has 0 saturated heterocycles. The summed E-state index contributed by atoms with van der Waals surface area (Å²) in [6, 6.07) is 7.52. The largest absolute Gasteiger partial charge is 0.320 e. The van der Waals surface area contributed by atoms with Crippen LogP contribution in [-0.4, -0.2) is 21.5 Å². The zero-order valence-corrected chi connectivity index (χ0v) is 14.4. The molecule has 1 heterocycles. The van der Waals surface area contributed by atoms with E-state index in [2.05, 4.69) is 26.2 Å². The number of amides is 1. The Hall–Kier alpha value is -1.66. The van der Waals surface area contributed by atoms with Gasteiger partial charge in [0.15, 0.2) is 0 Å². The third-order valence-corrected chi connectivity index (χ3v) is 3.81. The first-order valence-corrected chi connectivity index (χ1v) is 8.07. The van der Waals surface area contributed by atoms with Crippen molar-refractivity contribution in [2.75, 3.05) is 5.32 Å². The summed E-state index contributed by atoms with van der Waals surface area (Å²) in [6.45, 7) is 4.73. The van der Waals surface area contributed by atoms with Crippen molar-refractivity contribution in [1.29, 1.82) is 0 Å². The first-order valence-electron chi connectivity index (χ1n) is 7.27. The SMILES string of the molecule is CC(C)C[C@H](N)C(=O)Nc1nccn1Cc1ccc(Br)cc1. The van der Waals surface area contributed by atoms with Crippen molar-refractivity contribution in [3.8, 4) is 0 Å². The molecule has 1 atom stereocenters. The standard InChI is InChI=1S/C16H21BrN4O/c1-11(2)9-14(18)15(22)20-16-19-7-8-21(16)10-12-3-5-13(17)6-4-12/h3-8,11,14H,9-10,18H2,1-2H3,(H,19,20,22)/t14-/m0/s1. The van der Waals surface area contributed by atoms with Gasteiger partial charge in [-0.2, -0.15) is 0 Å². The molecule has 0 saturated carbocycles. The van der Waals surface area contributed by atoms with Gasteiger partial charge in [0.25, 0.3) is 0 Å². The number of carbonyl (C=O) groups excluding carboxylic acids is 1. The van der Waals surface area contributed by atoms with Crippen molar-refractivity contribution >= 4 is 27.8 Å². The Morgan fingerprint density at radius 3 is 2.68 bits per heavy atom. The summed E-state index contributed by atoms with van der Waals surface area (Å²) in [7, 11) is 0. The van der Waals surface area contributed by atoms with Gasteiger partial charge in [0.05, 0.1) is 12.6 Å². The summed E-state index contributed by atoms with van der Waals surface area (Å²) in [5, 5.41) is 2.81. The van der Waals surface area contributed by atoms with Crippen molar-refractivity contribution in [3.63, 3.8) is 0 Å². The number of hydrogen-bond donors (Lipinski definition) is 2. The highest BCUT2D eigenvalue weighted by molar-refractivity contribution is 9.10. The van der Waals surface area contributed by atoms with Crippen LogP contribution in [0.5, 0.6) is 0 Å². The van der Waals surface area contributed by atoms with Gasteiger partial charge in [-0.25, -0.2) is 4.98 Å². The number of carbonyl (C=O) groups is 1. The topological polar surface area (TPSA) is 72.9 Å². The highest BCUT2D eigenvalue weighted by Gasteiger charge is 2.17. The second-order valence-electron chi connectivity index (χ2n) is 5.73. The van der Waals surface area contributed by atoms with Crippen LogP contribution < -0.4 is 11.1 Å². The van der Waals surface area contributed by atoms with Crippen LogP contribution in [0.3, 0.4) is 0 Å². The molecule has 6 heteroatoms. The van der Waals surface area contributed by atoms with Crippen molar-refractivity contribution in [3.05, 3.63) is 46.7 Å². The van der Waals surface area contributed by atoms with Crippen LogP contribution >= 0.6 is 15.9 Å². The zero-order chi connectivity index (χ0) is 16.1. The number of anilines is 1. The average molecular weight is 365 g/mol. The zero-order valence-electron chi connectivity index (χ0n) is 12.8. The maximum absolute atomic E-state index is 12.1. The smallest absolute Gasteiger partial charge is 0.243 e. The Labute approximate surface area is 139 Å². The number of aromatic nitrogens is 2. The summed E-state index contributed by atoms with van der Waals surface area (Å²) >= 11 is 3.42. The number of nitrogens with one attached hydrogen (secondary N) is 1. The van der Waals surface area contributed by atoms with Crippen LogP contribution in [0.15, 0.2) is 41.1 Å². The van der Waals surface area contributed by atoms with Crippen molar-refractivity contribution in [2.45, 2.75) is 32.9 Å². The van der Waals surface area contributed by atoms with E-state index in [-0.39, 0.29) is 5.91 Å². The molecule has 0 radical (unpaired) electrons. The molecule has 0 aliphatic carbocycles. The maximum Gasteiger partial charge on any atom is 0.243 e. The molecule has 0 fully saturated rings. The van der Waals surface area contributed by atoms with E-state index in [0.29, 0.717) is 24.8 Å². The fourth-order valence-corrected chi connectivity index (χ4v) is 2.43. The normalized spacial score (nSPS) is 12.4. The average Bonchev–Trinajstić information content (AvgIpc) is 2.87. The van der Waals surface area contributed by atoms with Crippen molar-refractivity contribution in [2.24, 2.45) is 11.7 Å². The predicted molar refractivity (Wildman–Crippen MR) is 91.5 cm³/mol. The van der Waals surface area contributed by atoms with Gasteiger partial charge in [0.2, 0.25) is 11.9 Å². The van der Waals surface area contributed by atoms with E-state index in [0.717, 1.165) is 10.0 Å². The highest BCUT2D eigenvalue weighted by Crippen LogP contribution is 2.14. The van der Waals surface area contributed by atoms with E-state index in [1.165, 1.54) is 0 Å². The molecule has 3 N–H and O–H groups in total. The Morgan fingerprint density at radius 2 is 2.05 bits per heavy atom. The lowest BCUT2D eigenvalue weighted by Gasteiger charge is -2.15. The number of imidazole rings is 1. The van der Waals surface area contributed by atoms with E-state index in [1.807, 2.05) is 48.9 Å². The molecule has 118 valence electrons. The summed E-state index contributed by atoms with van der Waals surface area (Å²) in [5.41, 5.74) is 7.03. The minimum Gasteiger partial charge on any atom is -0.320 e. The third kappa shape index (κ3) is 4.68. The lowest BCUT2D eigenvalue weighted by Crippen LogP contribution is -2.37. The first kappa shape index (κ1) is 16.7. The molecule has 2 aromatic rings. The van der Waals surface area contributed by atoms with E-state index in [9.17, 15) is 4.79 Å². The van der Waals surface area contributed by atoms with E-state index < -0.39 is 6.04 Å². The molecule has 0 aliphatic heterocycles. The van der Waals surface area contributed by atoms with Crippen LogP contribution in [0.25, 0.3) is 0 Å². The molecule has 0 aliphatic rings. The Kier molecular flexibility index (Phi) is 5.74. The monoisotopic (exact) mass is 364 g/mol. The number of nitrogens with two attached hydrogens (primary N) is 1. The van der Waals surface area contributed by atoms with E-state index >= 15 is 0 Å². The molecule has 22 heavy (non-hydrogen) atoms. The second-order valence-corrected chi connectivity index (χ2v) is 6.65. The molecule has 1 aromatic heterocycles. The maximum atomic E-state index is 12.1. The minimum absolute atomic E-state index is 0.197. The van der Waals surface area contributed by atoms with Gasteiger partial charge in [-0.15, -0.1) is 0 Å². The highest BCUT2D eigenvalue weighted by atomic mass is 79.9. The molecule has 0 unspecified atom stereocenters. The Morgan fingerprint density at radius 1 is 1.36 bits per heavy atom. The molecule has 1 amide bonds. The van der Waals surface area contributed by atoms with Crippen LogP contribution in [0, 0.1) is 5.92 Å². The fourth-order valence-electron chi connectivity index (χ4n) is 2.17. The molecule has 1 aromatic carbocycles. The van der Waals surface area contributed by atoms with Gasteiger partial charge in [-0.05, 0) is 30.0 Å². The van der Waals surface area contributed by atoms with Crippen LogP contribution in [0.2, 0.25) is 0 Å². The van der Waals surface area contributed by atoms with Gasteiger partial charge in [-0.3, -0.25) is 10.1 Å². The Balaban J connectivity index is 2.03. The summed E-state index contributed by atoms with van der Waals surface area (Å²) in [5.74, 6) is 0.701. The van der Waals surface area contributed by atoms with Gasteiger partial charge in [-0.1, -0.05) is 41.9 Å². The number of hydrogen-bond acceptors (Lipinski definition) is 3. The molecular weight excluding hydrogens is 344 g/mol. The summed E-state index contributed by atoms with van der Waals surface area (Å²) < 4.78 is 2.93. The third-order valence-electron chi connectivity index (χ3n) is 3.28. The lowest BCUT2D eigenvalue weighted by molar-refractivity contribution is -0.117. The molecule has 2 rings (SSSR count). The summed E-state index contributed by atoms with van der Waals surface area (Å²) in [6.07, 6.45) is 4.16. The number of nitrogens with zero attached hydrogens (tertiary/aromatic N) is 2. The number of rotatable bonds is 6. The van der Waals surface area contributed by atoms with Crippen LogP contribution in [-0.2, 0) is 11.3 Å². The lowest BCUT2D eigenvalue weighted by atomic mass is 10.0. The first-order chi connectivity index (χ1) is 10.5. The van der Waals surface area contributed by atoms with Crippen LogP contribution in [0.4, 0.5) is 5.95 Å². The van der Waals surface area contributed by atoms with E-state index in [4.69, 9.17) is 5.73 Å². The van der Waals surface area contributed by atoms with Crippen molar-refractivity contribution < 1.29 is 4.79 Å². The molecule has 5 nitrogen and oxygen atoms in total. The fraction of sp³-hybridized carbons (Fsp3) is 0.375. The van der Waals surface area contributed by atoms with Crippen LogP contribution in [0.1, 0.15) is 25.8 Å². The summed E-state index contributed by atoms with van der Waals surface area (Å²) in [4.78, 5) is 16.3. The van der Waals surface area contributed by atoms with Gasteiger partial charge >= 0.3 is 0 Å². The molecule has 0 spiro atoms.